The lowest BCUT2D eigenvalue weighted by Crippen LogP contribution is -2.54. The number of benzene rings is 2. The summed E-state index contributed by atoms with van der Waals surface area (Å²) in [4.78, 5) is 48.0. The largest absolute Gasteiger partial charge is 0.497 e. The van der Waals surface area contributed by atoms with E-state index in [4.69, 9.17) is 4.74 Å². The minimum absolute atomic E-state index is 0.0178. The lowest BCUT2D eigenvalue weighted by molar-refractivity contribution is -0.384. The van der Waals surface area contributed by atoms with Crippen LogP contribution in [0.5, 0.6) is 5.75 Å². The average Bonchev–Trinajstić information content (AvgIpc) is 2.65. The lowest BCUT2D eigenvalue weighted by Gasteiger charge is -2.26. The number of barbiturate groups is 1. The number of nitro benzene ring substituents is 1. The summed E-state index contributed by atoms with van der Waals surface area (Å²) in [6, 6.07) is 10.7. The van der Waals surface area contributed by atoms with E-state index in [1.807, 2.05) is 0 Å². The highest BCUT2D eigenvalue weighted by Crippen LogP contribution is 2.25. The van der Waals surface area contributed by atoms with E-state index in [2.05, 4.69) is 5.32 Å². The van der Waals surface area contributed by atoms with Gasteiger partial charge in [-0.2, -0.15) is 0 Å². The fourth-order valence-electron chi connectivity index (χ4n) is 2.54. The Kier molecular flexibility index (Phi) is 4.67. The number of amides is 4. The van der Waals surface area contributed by atoms with Crippen molar-refractivity contribution in [3.05, 3.63) is 69.8 Å². The zero-order chi connectivity index (χ0) is 19.6. The second-order valence-electron chi connectivity index (χ2n) is 5.51. The number of nitrogens with zero attached hydrogens (tertiary/aromatic N) is 2. The third-order valence-corrected chi connectivity index (χ3v) is 3.81. The molecular formula is C18H13N3O6. The zero-order valence-corrected chi connectivity index (χ0v) is 14.0. The molecule has 0 radical (unpaired) electrons. The summed E-state index contributed by atoms with van der Waals surface area (Å²) in [5.41, 5.74) is -0.0744. The van der Waals surface area contributed by atoms with E-state index in [0.29, 0.717) is 16.2 Å². The van der Waals surface area contributed by atoms with E-state index in [1.54, 1.807) is 24.3 Å². The number of carbonyl (C=O) groups excluding carboxylic acids is 3. The van der Waals surface area contributed by atoms with Gasteiger partial charge in [-0.25, -0.2) is 9.69 Å². The molecule has 0 aliphatic carbocycles. The van der Waals surface area contributed by atoms with E-state index in [9.17, 15) is 24.5 Å². The molecule has 1 saturated heterocycles. The molecule has 0 aromatic heterocycles. The Bertz CT molecular complexity index is 998. The van der Waals surface area contributed by atoms with Gasteiger partial charge in [0.25, 0.3) is 17.5 Å². The Morgan fingerprint density at radius 3 is 2.56 bits per heavy atom. The van der Waals surface area contributed by atoms with Crippen molar-refractivity contribution in [3.63, 3.8) is 0 Å². The van der Waals surface area contributed by atoms with Crippen molar-refractivity contribution in [2.24, 2.45) is 0 Å². The summed E-state index contributed by atoms with van der Waals surface area (Å²) < 4.78 is 5.10. The van der Waals surface area contributed by atoms with E-state index < -0.39 is 22.8 Å². The number of ether oxygens (including phenoxy) is 1. The number of anilines is 1. The number of nitrogens with one attached hydrogen (secondary N) is 1. The molecule has 0 bridgehead atoms. The number of hydrogen-bond acceptors (Lipinski definition) is 6. The van der Waals surface area contributed by atoms with Gasteiger partial charge in [0.2, 0.25) is 0 Å². The van der Waals surface area contributed by atoms with Gasteiger partial charge in [0.1, 0.15) is 11.3 Å². The predicted octanol–water partition coefficient (Wildman–Crippen LogP) is 2.27. The van der Waals surface area contributed by atoms with Gasteiger partial charge in [-0.05, 0) is 29.8 Å². The number of carbonyl (C=O) groups is 3. The predicted molar refractivity (Wildman–Crippen MR) is 95.1 cm³/mol. The first-order chi connectivity index (χ1) is 12.9. The fourth-order valence-corrected chi connectivity index (χ4v) is 2.54. The molecule has 9 nitrogen and oxygen atoms in total. The first-order valence-corrected chi connectivity index (χ1v) is 7.70. The summed E-state index contributed by atoms with van der Waals surface area (Å²) in [5.74, 6) is -1.21. The van der Waals surface area contributed by atoms with Crippen LogP contribution in [-0.4, -0.2) is 29.9 Å². The second kappa shape index (κ2) is 7.08. The standard InChI is InChI=1S/C18H13N3O6/c1-27-14-7-2-4-11(8-14)9-15-16(22)19-18(24)20(17(15)23)12-5-3-6-13(10-12)21(25)26/h2-10H,1H3,(H,19,22,24). The SMILES string of the molecule is COc1cccc(C=C2C(=O)NC(=O)N(c3cccc([N+](=O)[O-])c3)C2=O)c1. The topological polar surface area (TPSA) is 119 Å². The summed E-state index contributed by atoms with van der Waals surface area (Å²) >= 11 is 0. The number of urea groups is 1. The first-order valence-electron chi connectivity index (χ1n) is 7.70. The van der Waals surface area contributed by atoms with Gasteiger partial charge in [0, 0.05) is 12.1 Å². The number of non-ortho nitro benzene ring substituents is 1. The summed E-state index contributed by atoms with van der Waals surface area (Å²) in [5, 5.41) is 13.0. The van der Waals surface area contributed by atoms with Crippen LogP contribution < -0.4 is 15.0 Å². The van der Waals surface area contributed by atoms with Crippen LogP contribution in [0.25, 0.3) is 6.08 Å². The van der Waals surface area contributed by atoms with Gasteiger partial charge in [-0.3, -0.25) is 25.0 Å². The maximum Gasteiger partial charge on any atom is 0.335 e. The van der Waals surface area contributed by atoms with Gasteiger partial charge in [0.05, 0.1) is 17.7 Å². The molecule has 1 aliphatic heterocycles. The molecule has 1 aliphatic rings. The Balaban J connectivity index is 2.02. The van der Waals surface area contributed by atoms with Crippen LogP contribution >= 0.6 is 0 Å². The van der Waals surface area contributed by atoms with Crippen molar-refractivity contribution in [2.45, 2.75) is 0 Å². The highest BCUT2D eigenvalue weighted by Gasteiger charge is 2.37. The monoisotopic (exact) mass is 367 g/mol. The highest BCUT2D eigenvalue weighted by atomic mass is 16.6. The maximum absolute atomic E-state index is 12.8. The van der Waals surface area contributed by atoms with Crippen molar-refractivity contribution >= 4 is 35.3 Å². The fraction of sp³-hybridized carbons (Fsp3) is 0.0556. The minimum atomic E-state index is -0.978. The summed E-state index contributed by atoms with van der Waals surface area (Å²) in [6.07, 6.45) is 1.32. The first kappa shape index (κ1) is 17.8. The summed E-state index contributed by atoms with van der Waals surface area (Å²) in [7, 11) is 1.48. The van der Waals surface area contributed by atoms with Crippen LogP contribution in [-0.2, 0) is 9.59 Å². The Morgan fingerprint density at radius 2 is 1.85 bits per heavy atom. The Hall–Kier alpha value is -4.01. The van der Waals surface area contributed by atoms with Crippen molar-refractivity contribution in [1.29, 1.82) is 0 Å². The molecule has 3 rings (SSSR count). The lowest BCUT2D eigenvalue weighted by atomic mass is 10.1. The molecule has 4 amide bonds. The Labute approximate surface area is 153 Å². The minimum Gasteiger partial charge on any atom is -0.497 e. The van der Waals surface area contributed by atoms with Gasteiger partial charge in [0.15, 0.2) is 0 Å². The third kappa shape index (κ3) is 3.52. The van der Waals surface area contributed by atoms with Gasteiger partial charge < -0.3 is 4.74 Å². The van der Waals surface area contributed by atoms with Gasteiger partial charge in [-0.15, -0.1) is 0 Å². The number of methoxy groups -OCH3 is 1. The van der Waals surface area contributed by atoms with Gasteiger partial charge >= 0.3 is 6.03 Å². The molecular weight excluding hydrogens is 354 g/mol. The molecule has 0 spiro atoms. The van der Waals surface area contributed by atoms with Crippen molar-refractivity contribution in [3.8, 4) is 5.75 Å². The number of rotatable bonds is 4. The molecule has 136 valence electrons. The van der Waals surface area contributed by atoms with Gasteiger partial charge in [-0.1, -0.05) is 18.2 Å². The molecule has 9 heteroatoms. The zero-order valence-electron chi connectivity index (χ0n) is 14.0. The van der Waals surface area contributed by atoms with Crippen LogP contribution in [0.3, 0.4) is 0 Å². The normalized spacial score (nSPS) is 15.7. The van der Waals surface area contributed by atoms with Crippen LogP contribution in [0.4, 0.5) is 16.2 Å². The van der Waals surface area contributed by atoms with Crippen molar-refractivity contribution in [2.75, 3.05) is 12.0 Å². The van der Waals surface area contributed by atoms with E-state index >= 15 is 0 Å². The van der Waals surface area contributed by atoms with Crippen LogP contribution in [0.15, 0.2) is 54.1 Å². The third-order valence-electron chi connectivity index (χ3n) is 3.81. The molecule has 1 fully saturated rings. The molecule has 0 unspecified atom stereocenters. The average molecular weight is 367 g/mol. The molecule has 1 heterocycles. The number of imide groups is 2. The molecule has 1 N–H and O–H groups in total. The summed E-state index contributed by atoms with van der Waals surface area (Å²) in [6.45, 7) is 0. The smallest absolute Gasteiger partial charge is 0.335 e. The molecule has 2 aromatic carbocycles. The van der Waals surface area contributed by atoms with Crippen molar-refractivity contribution < 1.29 is 24.0 Å². The van der Waals surface area contributed by atoms with Crippen LogP contribution in [0.2, 0.25) is 0 Å². The maximum atomic E-state index is 12.8. The number of nitro groups is 1. The van der Waals surface area contributed by atoms with Crippen molar-refractivity contribution in [1.82, 2.24) is 5.32 Å². The molecule has 2 aromatic rings. The van der Waals surface area contributed by atoms with E-state index in [1.165, 1.54) is 31.4 Å². The van der Waals surface area contributed by atoms with E-state index in [0.717, 1.165) is 6.07 Å². The van der Waals surface area contributed by atoms with Crippen LogP contribution in [0, 0.1) is 10.1 Å². The second-order valence-corrected chi connectivity index (χ2v) is 5.51. The van der Waals surface area contributed by atoms with E-state index in [-0.39, 0.29) is 16.9 Å². The molecule has 0 atom stereocenters. The Morgan fingerprint density at radius 1 is 1.11 bits per heavy atom. The van der Waals surface area contributed by atoms with Crippen LogP contribution in [0.1, 0.15) is 5.56 Å². The number of hydrogen-bond donors (Lipinski definition) is 1. The molecule has 0 saturated carbocycles. The quantitative estimate of drug-likeness (QED) is 0.383. The highest BCUT2D eigenvalue weighted by molar-refractivity contribution is 6.39. The molecule has 27 heavy (non-hydrogen) atoms.